The third kappa shape index (κ3) is 3.42. The second kappa shape index (κ2) is 5.87. The number of alkyl halides is 3. The van der Waals surface area contributed by atoms with Crippen LogP contribution < -0.4 is 5.73 Å². The van der Waals surface area contributed by atoms with Crippen LogP contribution in [0.4, 0.5) is 13.2 Å². The van der Waals surface area contributed by atoms with Crippen LogP contribution in [0.25, 0.3) is 0 Å². The van der Waals surface area contributed by atoms with E-state index in [2.05, 4.69) is 31.9 Å². The molecular weight excluding hydrogens is 399 g/mol. The average Bonchev–Trinajstić information content (AvgIpc) is 2.35. The zero-order valence-corrected chi connectivity index (χ0v) is 13.3. The minimum Gasteiger partial charge on any atom is -0.320 e. The molecule has 2 rings (SSSR count). The molecule has 106 valence electrons. The molecule has 0 saturated heterocycles. The quantitative estimate of drug-likeness (QED) is 0.718. The molecule has 20 heavy (non-hydrogen) atoms. The van der Waals surface area contributed by atoms with Crippen molar-refractivity contribution in [2.45, 2.75) is 12.2 Å². The third-order valence-corrected chi connectivity index (χ3v) is 3.76. The zero-order valence-electron chi connectivity index (χ0n) is 10.1. The smallest absolute Gasteiger partial charge is 0.320 e. The molecule has 0 fully saturated rings. The number of hydrogen-bond acceptors (Lipinski definition) is 1. The molecule has 0 aliphatic heterocycles. The van der Waals surface area contributed by atoms with Crippen LogP contribution in [0.2, 0.25) is 0 Å². The van der Waals surface area contributed by atoms with Crippen molar-refractivity contribution in [2.75, 3.05) is 0 Å². The maximum Gasteiger partial charge on any atom is 0.416 e. The van der Waals surface area contributed by atoms with Gasteiger partial charge in [-0.2, -0.15) is 13.2 Å². The maximum atomic E-state index is 13.0. The summed E-state index contributed by atoms with van der Waals surface area (Å²) < 4.78 is 40.5. The fraction of sp³-hybridized carbons (Fsp3) is 0.143. The van der Waals surface area contributed by atoms with Gasteiger partial charge in [-0.25, -0.2) is 0 Å². The molecule has 0 amide bonds. The van der Waals surface area contributed by atoms with Crippen LogP contribution in [0.1, 0.15) is 22.7 Å². The highest BCUT2D eigenvalue weighted by atomic mass is 79.9. The van der Waals surface area contributed by atoms with Crippen LogP contribution in [0.3, 0.4) is 0 Å². The highest BCUT2D eigenvalue weighted by molar-refractivity contribution is 9.11. The average molecular weight is 409 g/mol. The fourth-order valence-corrected chi connectivity index (χ4v) is 3.29. The lowest BCUT2D eigenvalue weighted by Crippen LogP contribution is -2.18. The molecule has 0 saturated carbocycles. The Morgan fingerprint density at radius 2 is 1.50 bits per heavy atom. The highest BCUT2D eigenvalue weighted by Gasteiger charge is 2.34. The molecular formula is C14H10Br2F3N. The Morgan fingerprint density at radius 1 is 0.950 bits per heavy atom. The topological polar surface area (TPSA) is 26.0 Å². The van der Waals surface area contributed by atoms with Gasteiger partial charge in [-0.1, -0.05) is 50.1 Å². The largest absolute Gasteiger partial charge is 0.416 e. The minimum absolute atomic E-state index is 0.0602. The van der Waals surface area contributed by atoms with Gasteiger partial charge in [0.05, 0.1) is 11.6 Å². The first-order chi connectivity index (χ1) is 9.29. The molecule has 0 aromatic heterocycles. The molecule has 2 aromatic carbocycles. The molecule has 0 spiro atoms. The van der Waals surface area contributed by atoms with Crippen LogP contribution in [-0.2, 0) is 6.18 Å². The summed E-state index contributed by atoms with van der Waals surface area (Å²) in [5.74, 6) is 0. The Balaban J connectivity index is 2.51. The lowest BCUT2D eigenvalue weighted by molar-refractivity contribution is -0.138. The molecule has 1 atom stereocenters. The first kappa shape index (κ1) is 15.5. The van der Waals surface area contributed by atoms with Gasteiger partial charge in [0.25, 0.3) is 0 Å². The maximum absolute atomic E-state index is 13.0. The van der Waals surface area contributed by atoms with Gasteiger partial charge in [0.2, 0.25) is 0 Å². The molecule has 1 nitrogen and oxygen atoms in total. The number of benzene rings is 2. The summed E-state index contributed by atoms with van der Waals surface area (Å²) in [6, 6.07) is 9.73. The Morgan fingerprint density at radius 3 is 2.05 bits per heavy atom. The highest BCUT2D eigenvalue weighted by Crippen LogP contribution is 2.36. The first-order valence-electron chi connectivity index (χ1n) is 5.66. The first-order valence-corrected chi connectivity index (χ1v) is 7.25. The Hall–Kier alpha value is -0.850. The van der Waals surface area contributed by atoms with E-state index in [-0.39, 0.29) is 5.56 Å². The summed E-state index contributed by atoms with van der Waals surface area (Å²) in [4.78, 5) is 0. The van der Waals surface area contributed by atoms with Crippen molar-refractivity contribution >= 4 is 31.9 Å². The number of rotatable bonds is 2. The second-order valence-corrected chi connectivity index (χ2v) is 6.10. The van der Waals surface area contributed by atoms with E-state index >= 15 is 0 Å². The molecule has 0 aliphatic rings. The van der Waals surface area contributed by atoms with Gasteiger partial charge in [-0.3, -0.25) is 0 Å². The van der Waals surface area contributed by atoms with Crippen molar-refractivity contribution < 1.29 is 13.2 Å². The van der Waals surface area contributed by atoms with Gasteiger partial charge < -0.3 is 5.73 Å². The Bertz CT molecular complexity index is 606. The lowest BCUT2D eigenvalue weighted by Gasteiger charge is -2.19. The Kier molecular flexibility index (Phi) is 4.56. The zero-order chi connectivity index (χ0) is 14.9. The van der Waals surface area contributed by atoms with Gasteiger partial charge in [0.15, 0.2) is 0 Å². The predicted molar refractivity (Wildman–Crippen MR) is 79.3 cm³/mol. The monoisotopic (exact) mass is 407 g/mol. The summed E-state index contributed by atoms with van der Waals surface area (Å²) in [7, 11) is 0. The van der Waals surface area contributed by atoms with E-state index in [9.17, 15) is 13.2 Å². The predicted octanol–water partition coefficient (Wildman–Crippen LogP) is 5.28. The van der Waals surface area contributed by atoms with E-state index in [1.54, 1.807) is 24.3 Å². The van der Waals surface area contributed by atoms with E-state index in [1.165, 1.54) is 12.1 Å². The SMILES string of the molecule is NC(c1cc(Br)cc(Br)c1)c1ccccc1C(F)(F)F. The van der Waals surface area contributed by atoms with Crippen molar-refractivity contribution in [1.82, 2.24) is 0 Å². The van der Waals surface area contributed by atoms with Crippen molar-refractivity contribution in [3.63, 3.8) is 0 Å². The molecule has 0 aliphatic carbocycles. The van der Waals surface area contributed by atoms with Crippen molar-refractivity contribution in [1.29, 1.82) is 0 Å². The number of nitrogens with two attached hydrogens (primary N) is 1. The molecule has 0 heterocycles. The standard InChI is InChI=1S/C14H10Br2F3N/c15-9-5-8(6-10(16)7-9)13(20)11-3-1-2-4-12(11)14(17,18)19/h1-7,13H,20H2. The van der Waals surface area contributed by atoms with Gasteiger partial charge in [-0.15, -0.1) is 0 Å². The van der Waals surface area contributed by atoms with Crippen LogP contribution in [0.5, 0.6) is 0 Å². The van der Waals surface area contributed by atoms with Gasteiger partial charge in [-0.05, 0) is 35.4 Å². The van der Waals surface area contributed by atoms with Gasteiger partial charge in [0.1, 0.15) is 0 Å². The lowest BCUT2D eigenvalue weighted by atomic mass is 9.95. The second-order valence-electron chi connectivity index (χ2n) is 4.27. The van der Waals surface area contributed by atoms with E-state index < -0.39 is 17.8 Å². The summed E-state index contributed by atoms with van der Waals surface area (Å²) in [6.07, 6.45) is -4.42. The van der Waals surface area contributed by atoms with Gasteiger partial charge >= 0.3 is 6.18 Å². The van der Waals surface area contributed by atoms with E-state index in [4.69, 9.17) is 5.73 Å². The summed E-state index contributed by atoms with van der Waals surface area (Å²) in [5.41, 5.74) is 5.97. The van der Waals surface area contributed by atoms with Crippen LogP contribution in [0.15, 0.2) is 51.4 Å². The number of halogens is 5. The van der Waals surface area contributed by atoms with Crippen LogP contribution >= 0.6 is 31.9 Å². The normalized spacial score (nSPS) is 13.3. The van der Waals surface area contributed by atoms with Crippen molar-refractivity contribution in [3.05, 3.63) is 68.1 Å². The van der Waals surface area contributed by atoms with E-state index in [0.717, 1.165) is 15.0 Å². The molecule has 1 unspecified atom stereocenters. The third-order valence-electron chi connectivity index (χ3n) is 2.85. The molecule has 2 aromatic rings. The van der Waals surface area contributed by atoms with Crippen molar-refractivity contribution in [2.24, 2.45) is 5.73 Å². The fourth-order valence-electron chi connectivity index (χ4n) is 1.96. The number of hydrogen-bond donors (Lipinski definition) is 1. The van der Waals surface area contributed by atoms with Crippen LogP contribution in [-0.4, -0.2) is 0 Å². The van der Waals surface area contributed by atoms with E-state index in [1.807, 2.05) is 0 Å². The minimum atomic E-state index is -4.42. The summed E-state index contributed by atoms with van der Waals surface area (Å²) in [5, 5.41) is 0. The van der Waals surface area contributed by atoms with Crippen molar-refractivity contribution in [3.8, 4) is 0 Å². The summed E-state index contributed by atoms with van der Waals surface area (Å²) >= 11 is 6.61. The summed E-state index contributed by atoms with van der Waals surface area (Å²) in [6.45, 7) is 0. The molecule has 0 bridgehead atoms. The molecule has 2 N–H and O–H groups in total. The molecule has 6 heteroatoms. The van der Waals surface area contributed by atoms with Crippen LogP contribution in [0, 0.1) is 0 Å². The van der Waals surface area contributed by atoms with E-state index in [0.29, 0.717) is 5.56 Å². The van der Waals surface area contributed by atoms with Gasteiger partial charge in [0, 0.05) is 8.95 Å². The Labute approximate surface area is 131 Å². The molecule has 0 radical (unpaired) electrons.